The van der Waals surface area contributed by atoms with Crippen LogP contribution >= 0.6 is 11.3 Å². The maximum absolute atomic E-state index is 13.0. The van der Waals surface area contributed by atoms with Gasteiger partial charge < -0.3 is 14.4 Å². The van der Waals surface area contributed by atoms with Crippen LogP contribution in [0.5, 0.6) is 0 Å². The van der Waals surface area contributed by atoms with Crippen LogP contribution in [0.4, 0.5) is 18.9 Å². The SMILES string of the molecule is O=C(c1nccs1)N1CCN(C2CC(=O)N(c3ccc4c(ccn4-c4ccc(C(F)(F)F)cn4)c3)C2)CC1. The molecule has 6 rings (SSSR count). The van der Waals surface area contributed by atoms with E-state index in [1.54, 1.807) is 27.2 Å². The summed E-state index contributed by atoms with van der Waals surface area (Å²) in [5, 5.41) is 3.15. The fourth-order valence-corrected chi connectivity index (χ4v) is 5.73. The van der Waals surface area contributed by atoms with Crippen molar-refractivity contribution in [1.82, 2.24) is 24.3 Å². The zero-order chi connectivity index (χ0) is 26.4. The fraction of sp³-hybridized carbons (Fsp3) is 0.308. The highest BCUT2D eigenvalue weighted by atomic mass is 32.1. The van der Waals surface area contributed by atoms with Crippen LogP contribution in [-0.4, -0.2) is 74.9 Å². The topological polar surface area (TPSA) is 74.6 Å². The number of thiazole rings is 1. The number of amides is 2. The molecule has 1 aromatic carbocycles. The number of nitrogens with zero attached hydrogens (tertiary/aromatic N) is 6. The van der Waals surface area contributed by atoms with Gasteiger partial charge in [0.05, 0.1) is 11.1 Å². The van der Waals surface area contributed by atoms with E-state index in [-0.39, 0.29) is 17.9 Å². The van der Waals surface area contributed by atoms with Crippen molar-refractivity contribution < 1.29 is 22.8 Å². The number of halogens is 3. The van der Waals surface area contributed by atoms with E-state index in [0.717, 1.165) is 28.9 Å². The first-order valence-electron chi connectivity index (χ1n) is 12.2. The Labute approximate surface area is 219 Å². The van der Waals surface area contributed by atoms with E-state index in [1.807, 2.05) is 29.2 Å². The van der Waals surface area contributed by atoms with Gasteiger partial charge in [-0.1, -0.05) is 0 Å². The predicted molar refractivity (Wildman–Crippen MR) is 136 cm³/mol. The molecule has 1 atom stereocenters. The molecule has 8 nitrogen and oxygen atoms in total. The number of benzene rings is 1. The molecule has 5 heterocycles. The highest BCUT2D eigenvalue weighted by Crippen LogP contribution is 2.31. The smallest absolute Gasteiger partial charge is 0.334 e. The Hall–Kier alpha value is -3.77. The number of hydrogen-bond donors (Lipinski definition) is 0. The van der Waals surface area contributed by atoms with Crippen molar-refractivity contribution in [1.29, 1.82) is 0 Å². The quantitative estimate of drug-likeness (QED) is 0.390. The van der Waals surface area contributed by atoms with Crippen LogP contribution in [0.1, 0.15) is 21.8 Å². The van der Waals surface area contributed by atoms with Crippen LogP contribution in [0.3, 0.4) is 0 Å². The van der Waals surface area contributed by atoms with Gasteiger partial charge in [0, 0.05) is 80.2 Å². The van der Waals surface area contributed by atoms with Crippen molar-refractivity contribution in [3.05, 3.63) is 70.9 Å². The average Bonchev–Trinajstić information content (AvgIpc) is 3.68. The molecule has 4 aromatic rings. The molecule has 0 saturated carbocycles. The van der Waals surface area contributed by atoms with Crippen LogP contribution in [0.25, 0.3) is 16.7 Å². The van der Waals surface area contributed by atoms with Crippen LogP contribution < -0.4 is 4.90 Å². The zero-order valence-electron chi connectivity index (χ0n) is 20.1. The predicted octanol–water partition coefficient (Wildman–Crippen LogP) is 4.06. The number of alkyl halides is 3. The Kier molecular flexibility index (Phi) is 6.15. The maximum atomic E-state index is 13.0. The van der Waals surface area contributed by atoms with Crippen molar-refractivity contribution in [3.63, 3.8) is 0 Å². The van der Waals surface area contributed by atoms with E-state index in [2.05, 4.69) is 14.9 Å². The average molecular weight is 541 g/mol. The Morgan fingerprint density at radius 3 is 2.53 bits per heavy atom. The molecule has 3 aromatic heterocycles. The first-order chi connectivity index (χ1) is 18.3. The van der Waals surface area contributed by atoms with E-state index in [1.165, 1.54) is 17.4 Å². The van der Waals surface area contributed by atoms with Crippen molar-refractivity contribution >= 4 is 39.7 Å². The lowest BCUT2D eigenvalue weighted by Gasteiger charge is -2.37. The second-order valence-corrected chi connectivity index (χ2v) is 10.3. The molecule has 38 heavy (non-hydrogen) atoms. The third kappa shape index (κ3) is 4.54. The Balaban J connectivity index is 1.13. The summed E-state index contributed by atoms with van der Waals surface area (Å²) < 4.78 is 40.4. The lowest BCUT2D eigenvalue weighted by atomic mass is 10.2. The van der Waals surface area contributed by atoms with E-state index < -0.39 is 11.7 Å². The zero-order valence-corrected chi connectivity index (χ0v) is 21.0. The minimum absolute atomic E-state index is 0.0412. The van der Waals surface area contributed by atoms with Gasteiger partial charge in [-0.2, -0.15) is 13.2 Å². The molecule has 0 bridgehead atoms. The third-order valence-electron chi connectivity index (χ3n) is 7.15. The lowest BCUT2D eigenvalue weighted by Crippen LogP contribution is -2.52. The number of carbonyl (C=O) groups is 2. The van der Waals surface area contributed by atoms with Crippen molar-refractivity contribution in [2.75, 3.05) is 37.6 Å². The normalized spacial score (nSPS) is 19.0. The summed E-state index contributed by atoms with van der Waals surface area (Å²) in [5.74, 6) is 0.375. The largest absolute Gasteiger partial charge is 0.417 e. The minimum Gasteiger partial charge on any atom is -0.334 e. The van der Waals surface area contributed by atoms with Gasteiger partial charge in [-0.3, -0.25) is 14.5 Å². The fourth-order valence-electron chi connectivity index (χ4n) is 5.13. The highest BCUT2D eigenvalue weighted by molar-refractivity contribution is 7.11. The second kappa shape index (κ2) is 9.52. The van der Waals surface area contributed by atoms with Gasteiger partial charge in [0.1, 0.15) is 5.82 Å². The number of aromatic nitrogens is 3. The highest BCUT2D eigenvalue weighted by Gasteiger charge is 2.36. The monoisotopic (exact) mass is 540 g/mol. The van der Waals surface area contributed by atoms with Gasteiger partial charge in [-0.05, 0) is 36.4 Å². The van der Waals surface area contributed by atoms with Gasteiger partial charge in [0.25, 0.3) is 5.91 Å². The second-order valence-electron chi connectivity index (χ2n) is 9.36. The van der Waals surface area contributed by atoms with Crippen molar-refractivity contribution in [2.45, 2.75) is 18.6 Å². The summed E-state index contributed by atoms with van der Waals surface area (Å²) in [7, 11) is 0. The molecule has 1 unspecified atom stereocenters. The molecule has 0 N–H and O–H groups in total. The first kappa shape index (κ1) is 24.6. The third-order valence-corrected chi connectivity index (χ3v) is 7.91. The molecular formula is C26H23F3N6O2S. The Bertz CT molecular complexity index is 1480. The van der Waals surface area contributed by atoms with Crippen LogP contribution in [0.2, 0.25) is 0 Å². The van der Waals surface area contributed by atoms with Crippen molar-refractivity contribution in [3.8, 4) is 5.82 Å². The summed E-state index contributed by atoms with van der Waals surface area (Å²) in [4.78, 5) is 39.5. The molecule has 196 valence electrons. The van der Waals surface area contributed by atoms with Gasteiger partial charge >= 0.3 is 6.18 Å². The number of hydrogen-bond acceptors (Lipinski definition) is 6. The van der Waals surface area contributed by atoms with E-state index >= 15 is 0 Å². The molecule has 2 saturated heterocycles. The molecule has 0 spiro atoms. The number of pyridine rings is 1. The molecule has 0 aliphatic carbocycles. The number of fused-ring (bicyclic) bond motifs is 1. The van der Waals surface area contributed by atoms with Crippen LogP contribution in [-0.2, 0) is 11.0 Å². The van der Waals surface area contributed by atoms with Crippen molar-refractivity contribution in [2.24, 2.45) is 0 Å². The minimum atomic E-state index is -4.44. The summed E-state index contributed by atoms with van der Waals surface area (Å²) in [6.45, 7) is 3.16. The summed E-state index contributed by atoms with van der Waals surface area (Å²) in [6, 6.07) is 9.91. The molecule has 2 aliphatic heterocycles. The number of piperazine rings is 1. The van der Waals surface area contributed by atoms with Crippen LogP contribution in [0, 0.1) is 0 Å². The number of rotatable bonds is 4. The summed E-state index contributed by atoms with van der Waals surface area (Å²) in [5.41, 5.74) is 0.764. The summed E-state index contributed by atoms with van der Waals surface area (Å²) in [6.07, 6.45) is 0.185. The lowest BCUT2D eigenvalue weighted by molar-refractivity contribution is -0.137. The molecule has 12 heteroatoms. The molecule has 0 radical (unpaired) electrons. The van der Waals surface area contributed by atoms with E-state index in [4.69, 9.17) is 0 Å². The van der Waals surface area contributed by atoms with E-state index in [9.17, 15) is 22.8 Å². The van der Waals surface area contributed by atoms with Gasteiger partial charge in [-0.15, -0.1) is 11.3 Å². The van der Waals surface area contributed by atoms with Gasteiger partial charge in [-0.25, -0.2) is 9.97 Å². The number of carbonyl (C=O) groups excluding carboxylic acids is 2. The molecule has 2 aliphatic rings. The van der Waals surface area contributed by atoms with Gasteiger partial charge in [0.15, 0.2) is 5.01 Å². The van der Waals surface area contributed by atoms with E-state index in [0.29, 0.717) is 50.0 Å². The Morgan fingerprint density at radius 1 is 1.03 bits per heavy atom. The van der Waals surface area contributed by atoms with Gasteiger partial charge in [0.2, 0.25) is 5.91 Å². The number of anilines is 1. The maximum Gasteiger partial charge on any atom is 0.417 e. The first-order valence-corrected chi connectivity index (χ1v) is 13.0. The van der Waals surface area contributed by atoms with Crippen LogP contribution in [0.15, 0.2) is 60.4 Å². The summed E-state index contributed by atoms with van der Waals surface area (Å²) >= 11 is 1.34. The molecule has 2 fully saturated rings. The molecular weight excluding hydrogens is 517 g/mol. The Morgan fingerprint density at radius 2 is 1.84 bits per heavy atom. The standard InChI is InChI=1S/C26H23F3N6O2S/c27-26(28,29)18-1-4-22(31-15-18)34-7-5-17-13-19(2-3-21(17)34)35-16-20(14-23(35)36)32-8-10-33(11-9-32)25(37)24-30-6-12-38-24/h1-7,12-13,15,20H,8-11,14,16H2. The molecule has 2 amide bonds.